The Kier molecular flexibility index (Phi) is 2.17. The van der Waals surface area contributed by atoms with E-state index >= 15 is 0 Å². The predicted molar refractivity (Wildman–Crippen MR) is 46.4 cm³/mol. The molecule has 0 aliphatic heterocycles. The van der Waals surface area contributed by atoms with Gasteiger partial charge in [-0.3, -0.25) is 4.68 Å². The van der Waals surface area contributed by atoms with Gasteiger partial charge in [0, 0.05) is 17.8 Å². The number of rotatable bonds is 2. The van der Waals surface area contributed by atoms with Crippen LogP contribution in [0.3, 0.4) is 0 Å². The summed E-state index contributed by atoms with van der Waals surface area (Å²) >= 11 is 0. The molecule has 1 rings (SSSR count). The largest absolute Gasteiger partial charge is 0.382 e. The summed E-state index contributed by atoms with van der Waals surface area (Å²) < 4.78 is 1.97. The standard InChI is InChI=1S/C8H15N3/c1-4-6(2)11-7(3)5-8(9)10-11/h5-6H,4H2,1-3H3,(H2,9,10)/t6-/m1/s1. The molecule has 1 heterocycles. The average molecular weight is 153 g/mol. The fourth-order valence-corrected chi connectivity index (χ4v) is 1.13. The molecule has 0 aromatic carbocycles. The second-order valence-electron chi connectivity index (χ2n) is 2.91. The van der Waals surface area contributed by atoms with Gasteiger partial charge in [-0.25, -0.2) is 0 Å². The third kappa shape index (κ3) is 1.53. The minimum atomic E-state index is 0.451. The first-order valence-corrected chi connectivity index (χ1v) is 3.96. The molecular formula is C8H15N3. The van der Waals surface area contributed by atoms with Crippen molar-refractivity contribution in [3.63, 3.8) is 0 Å². The number of aromatic nitrogens is 2. The molecule has 3 nitrogen and oxygen atoms in total. The summed E-state index contributed by atoms with van der Waals surface area (Å²) in [4.78, 5) is 0. The van der Waals surface area contributed by atoms with Gasteiger partial charge in [0.15, 0.2) is 0 Å². The lowest BCUT2D eigenvalue weighted by atomic mass is 10.2. The second kappa shape index (κ2) is 2.95. The summed E-state index contributed by atoms with van der Waals surface area (Å²) in [6.45, 7) is 6.30. The minimum absolute atomic E-state index is 0.451. The molecule has 0 saturated carbocycles. The van der Waals surface area contributed by atoms with Crippen molar-refractivity contribution >= 4 is 5.82 Å². The molecule has 62 valence electrons. The smallest absolute Gasteiger partial charge is 0.145 e. The van der Waals surface area contributed by atoms with Gasteiger partial charge >= 0.3 is 0 Å². The van der Waals surface area contributed by atoms with Crippen molar-refractivity contribution in [3.8, 4) is 0 Å². The molecule has 3 heteroatoms. The number of hydrogen-bond donors (Lipinski definition) is 1. The zero-order valence-corrected chi connectivity index (χ0v) is 7.33. The normalized spacial score (nSPS) is 13.4. The fraction of sp³-hybridized carbons (Fsp3) is 0.625. The summed E-state index contributed by atoms with van der Waals surface area (Å²) in [7, 11) is 0. The van der Waals surface area contributed by atoms with Crippen LogP contribution in [0.5, 0.6) is 0 Å². The molecule has 0 aliphatic carbocycles. The van der Waals surface area contributed by atoms with E-state index in [4.69, 9.17) is 5.73 Å². The summed E-state index contributed by atoms with van der Waals surface area (Å²) in [5, 5.41) is 4.18. The van der Waals surface area contributed by atoms with E-state index in [1.807, 2.05) is 17.7 Å². The highest BCUT2D eigenvalue weighted by Gasteiger charge is 2.06. The van der Waals surface area contributed by atoms with Crippen molar-refractivity contribution in [3.05, 3.63) is 11.8 Å². The van der Waals surface area contributed by atoms with Crippen LogP contribution < -0.4 is 5.73 Å². The number of hydrogen-bond acceptors (Lipinski definition) is 2. The van der Waals surface area contributed by atoms with Crippen LogP contribution in [-0.2, 0) is 0 Å². The van der Waals surface area contributed by atoms with Gasteiger partial charge in [-0.2, -0.15) is 5.10 Å². The molecule has 1 atom stereocenters. The Morgan fingerprint density at radius 2 is 2.36 bits per heavy atom. The van der Waals surface area contributed by atoms with E-state index < -0.39 is 0 Å². The van der Waals surface area contributed by atoms with Crippen molar-refractivity contribution in [2.45, 2.75) is 33.2 Å². The van der Waals surface area contributed by atoms with Gasteiger partial charge in [0.1, 0.15) is 5.82 Å². The molecule has 1 aromatic rings. The first kappa shape index (κ1) is 8.11. The van der Waals surface area contributed by atoms with Crippen molar-refractivity contribution in [2.24, 2.45) is 0 Å². The molecule has 0 radical (unpaired) electrons. The number of nitrogens with zero attached hydrogens (tertiary/aromatic N) is 2. The van der Waals surface area contributed by atoms with Crippen LogP contribution in [0.4, 0.5) is 5.82 Å². The van der Waals surface area contributed by atoms with E-state index in [9.17, 15) is 0 Å². The third-order valence-electron chi connectivity index (χ3n) is 1.95. The maximum Gasteiger partial charge on any atom is 0.145 e. The predicted octanol–water partition coefficient (Wildman–Crippen LogP) is 1.74. The van der Waals surface area contributed by atoms with E-state index in [1.54, 1.807) is 0 Å². The Morgan fingerprint density at radius 1 is 1.73 bits per heavy atom. The lowest BCUT2D eigenvalue weighted by Crippen LogP contribution is -2.07. The van der Waals surface area contributed by atoms with Crippen molar-refractivity contribution in [2.75, 3.05) is 5.73 Å². The first-order chi connectivity index (χ1) is 5.15. The van der Waals surface area contributed by atoms with Crippen LogP contribution in [0.25, 0.3) is 0 Å². The van der Waals surface area contributed by atoms with Gasteiger partial charge in [-0.15, -0.1) is 0 Å². The number of nitrogen functional groups attached to an aromatic ring is 1. The van der Waals surface area contributed by atoms with Gasteiger partial charge < -0.3 is 5.73 Å². The average Bonchev–Trinajstić information content (AvgIpc) is 2.28. The minimum Gasteiger partial charge on any atom is -0.382 e. The van der Waals surface area contributed by atoms with E-state index in [0.29, 0.717) is 11.9 Å². The Balaban J connectivity index is 2.93. The Labute approximate surface area is 67.2 Å². The SMILES string of the molecule is CC[C@@H](C)n1nc(N)cc1C. The molecule has 0 bridgehead atoms. The van der Waals surface area contributed by atoms with Gasteiger partial charge in [0.25, 0.3) is 0 Å². The molecule has 2 N–H and O–H groups in total. The Bertz CT molecular complexity index is 239. The summed E-state index contributed by atoms with van der Waals surface area (Å²) in [6, 6.07) is 2.35. The highest BCUT2D eigenvalue weighted by molar-refractivity contribution is 5.28. The van der Waals surface area contributed by atoms with Crippen molar-refractivity contribution < 1.29 is 0 Å². The van der Waals surface area contributed by atoms with Gasteiger partial charge in [0.05, 0.1) is 0 Å². The van der Waals surface area contributed by atoms with Crippen LogP contribution in [0.1, 0.15) is 32.0 Å². The van der Waals surface area contributed by atoms with Gasteiger partial charge in [-0.1, -0.05) is 6.92 Å². The third-order valence-corrected chi connectivity index (χ3v) is 1.95. The van der Waals surface area contributed by atoms with Crippen LogP contribution >= 0.6 is 0 Å². The lowest BCUT2D eigenvalue weighted by molar-refractivity contribution is 0.469. The van der Waals surface area contributed by atoms with Crippen LogP contribution in [-0.4, -0.2) is 9.78 Å². The monoisotopic (exact) mass is 153 g/mol. The van der Waals surface area contributed by atoms with Crippen molar-refractivity contribution in [1.82, 2.24) is 9.78 Å². The first-order valence-electron chi connectivity index (χ1n) is 3.96. The van der Waals surface area contributed by atoms with Crippen LogP contribution in [0, 0.1) is 6.92 Å². The fourth-order valence-electron chi connectivity index (χ4n) is 1.13. The highest BCUT2D eigenvalue weighted by Crippen LogP contribution is 2.14. The quantitative estimate of drug-likeness (QED) is 0.703. The number of anilines is 1. The topological polar surface area (TPSA) is 43.8 Å². The number of nitrogens with two attached hydrogens (primary N) is 1. The highest BCUT2D eigenvalue weighted by atomic mass is 15.3. The summed E-state index contributed by atoms with van der Waals surface area (Å²) in [5.74, 6) is 0.614. The maximum absolute atomic E-state index is 5.54. The van der Waals surface area contributed by atoms with E-state index in [2.05, 4.69) is 18.9 Å². The van der Waals surface area contributed by atoms with Crippen LogP contribution in [0.2, 0.25) is 0 Å². The summed E-state index contributed by atoms with van der Waals surface area (Å²) in [5.41, 5.74) is 6.68. The Hall–Kier alpha value is -0.990. The molecular weight excluding hydrogens is 138 g/mol. The lowest BCUT2D eigenvalue weighted by Gasteiger charge is -2.10. The van der Waals surface area contributed by atoms with E-state index in [-0.39, 0.29) is 0 Å². The second-order valence-corrected chi connectivity index (χ2v) is 2.91. The van der Waals surface area contributed by atoms with E-state index in [0.717, 1.165) is 12.1 Å². The molecule has 0 amide bonds. The molecule has 11 heavy (non-hydrogen) atoms. The zero-order chi connectivity index (χ0) is 8.43. The maximum atomic E-state index is 5.54. The zero-order valence-electron chi connectivity index (χ0n) is 7.33. The molecule has 0 unspecified atom stereocenters. The molecule has 0 saturated heterocycles. The van der Waals surface area contributed by atoms with Gasteiger partial charge in [0.2, 0.25) is 0 Å². The Morgan fingerprint density at radius 3 is 2.73 bits per heavy atom. The van der Waals surface area contributed by atoms with Crippen LogP contribution in [0.15, 0.2) is 6.07 Å². The molecule has 0 spiro atoms. The van der Waals surface area contributed by atoms with Gasteiger partial charge in [-0.05, 0) is 20.3 Å². The molecule has 1 aromatic heterocycles. The summed E-state index contributed by atoms with van der Waals surface area (Å²) in [6.07, 6.45) is 1.09. The number of aryl methyl sites for hydroxylation is 1. The molecule has 0 aliphatic rings. The van der Waals surface area contributed by atoms with E-state index in [1.165, 1.54) is 0 Å². The molecule has 0 fully saturated rings. The van der Waals surface area contributed by atoms with Crippen molar-refractivity contribution in [1.29, 1.82) is 0 Å².